The maximum atomic E-state index is 7.57. The van der Waals surface area contributed by atoms with E-state index in [9.17, 15) is 0 Å². The van der Waals surface area contributed by atoms with Crippen LogP contribution in [-0.2, 0) is 0 Å². The summed E-state index contributed by atoms with van der Waals surface area (Å²) < 4.78 is 0. The normalized spacial score (nSPS) is 8.00. The topological polar surface area (TPSA) is 23.5 Å². The van der Waals surface area contributed by atoms with Crippen molar-refractivity contribution in [3.63, 3.8) is 0 Å². The van der Waals surface area contributed by atoms with Crippen LogP contribution in [0.3, 0.4) is 0 Å². The molecule has 2 heteroatoms. The SMILES string of the molecule is CC.CC.CCO.CN(C)C(C)(C)C.[CH3-]. The first-order valence-corrected chi connectivity index (χ1v) is 5.64. The second-order valence-corrected chi connectivity index (χ2v) is 3.38. The van der Waals surface area contributed by atoms with Crippen LogP contribution in [0, 0.1) is 7.43 Å². The molecule has 0 heterocycles. The third-order valence-electron chi connectivity index (χ3n) is 1.34. The molecule has 0 aliphatic heterocycles. The van der Waals surface area contributed by atoms with Gasteiger partial charge < -0.3 is 17.4 Å². The molecule has 0 radical (unpaired) electrons. The van der Waals surface area contributed by atoms with E-state index in [1.54, 1.807) is 6.92 Å². The molecule has 0 spiro atoms. The van der Waals surface area contributed by atoms with Gasteiger partial charge in [-0.25, -0.2) is 0 Å². The van der Waals surface area contributed by atoms with Crippen molar-refractivity contribution < 1.29 is 5.11 Å². The second kappa shape index (κ2) is 23.6. The zero-order chi connectivity index (χ0) is 12.8. The van der Waals surface area contributed by atoms with Gasteiger partial charge in [0.15, 0.2) is 0 Å². The van der Waals surface area contributed by atoms with Gasteiger partial charge in [0.1, 0.15) is 0 Å². The van der Waals surface area contributed by atoms with Gasteiger partial charge in [-0.05, 0) is 41.8 Å². The number of rotatable bonds is 0. The molecule has 0 aromatic carbocycles. The molecular formula is C13H36NO-. The fourth-order valence-electron chi connectivity index (χ4n) is 0. The van der Waals surface area contributed by atoms with Gasteiger partial charge in [-0.15, -0.1) is 0 Å². The molecule has 2 nitrogen and oxygen atoms in total. The number of hydrogen-bond acceptors (Lipinski definition) is 2. The van der Waals surface area contributed by atoms with Crippen molar-refractivity contribution in [2.24, 2.45) is 0 Å². The summed E-state index contributed by atoms with van der Waals surface area (Å²) >= 11 is 0. The van der Waals surface area contributed by atoms with E-state index in [0.717, 1.165) is 0 Å². The zero-order valence-electron chi connectivity index (χ0n) is 13.1. The standard InChI is InChI=1S/C6H15N.C2H6O.2C2H6.CH3/c1-6(2,3)7(4)5;1-2-3;2*1-2;/h1-5H3;3H,2H2,1H3;2*1-2H3;1H3/q;;;;-1. The van der Waals surface area contributed by atoms with Crippen molar-refractivity contribution >= 4 is 0 Å². The van der Waals surface area contributed by atoms with Gasteiger partial charge >= 0.3 is 0 Å². The van der Waals surface area contributed by atoms with Crippen LogP contribution in [0.15, 0.2) is 0 Å². The largest absolute Gasteiger partial charge is 0.397 e. The van der Waals surface area contributed by atoms with Crippen LogP contribution in [0.1, 0.15) is 55.4 Å². The monoisotopic (exact) mass is 222 g/mol. The average Bonchev–Trinajstić information content (AvgIpc) is 2.11. The van der Waals surface area contributed by atoms with Crippen LogP contribution in [-0.4, -0.2) is 36.2 Å². The third kappa shape index (κ3) is 56.4. The van der Waals surface area contributed by atoms with Gasteiger partial charge in [0.05, 0.1) is 0 Å². The molecular weight excluding hydrogens is 186 g/mol. The lowest BCUT2D eigenvalue weighted by molar-refractivity contribution is 0.219. The first-order chi connectivity index (χ1) is 6.36. The van der Waals surface area contributed by atoms with E-state index in [-0.39, 0.29) is 14.0 Å². The molecule has 0 aromatic rings. The fourth-order valence-corrected chi connectivity index (χ4v) is 0. The fraction of sp³-hybridized carbons (Fsp3) is 0.923. The van der Waals surface area contributed by atoms with Crippen molar-refractivity contribution in [1.29, 1.82) is 0 Å². The highest BCUT2D eigenvalue weighted by Gasteiger charge is 2.10. The maximum Gasteiger partial charge on any atom is 0.0402 e. The van der Waals surface area contributed by atoms with E-state index < -0.39 is 0 Å². The number of hydrogen-bond donors (Lipinski definition) is 1. The molecule has 0 fully saturated rings. The Bertz CT molecular complexity index is 65.4. The number of aliphatic hydroxyl groups is 1. The molecule has 0 saturated carbocycles. The summed E-state index contributed by atoms with van der Waals surface area (Å²) in [7, 11) is 4.17. The van der Waals surface area contributed by atoms with Gasteiger partial charge in [0.25, 0.3) is 0 Å². The summed E-state index contributed by atoms with van der Waals surface area (Å²) in [6.45, 7) is 16.5. The summed E-state index contributed by atoms with van der Waals surface area (Å²) in [5.41, 5.74) is 0.333. The minimum Gasteiger partial charge on any atom is -0.397 e. The van der Waals surface area contributed by atoms with Crippen LogP contribution < -0.4 is 0 Å². The smallest absolute Gasteiger partial charge is 0.0402 e. The molecule has 0 aliphatic carbocycles. The molecule has 0 rings (SSSR count). The summed E-state index contributed by atoms with van der Waals surface area (Å²) in [4.78, 5) is 2.19. The van der Waals surface area contributed by atoms with E-state index in [1.165, 1.54) is 0 Å². The first kappa shape index (κ1) is 29.4. The predicted molar refractivity (Wildman–Crippen MR) is 75.3 cm³/mol. The molecule has 0 bridgehead atoms. The Balaban J connectivity index is -0.0000000357. The molecule has 100 valence electrons. The molecule has 0 amide bonds. The molecule has 0 aromatic heterocycles. The number of nitrogens with zero attached hydrogens (tertiary/aromatic N) is 1. The van der Waals surface area contributed by atoms with E-state index in [2.05, 4.69) is 39.8 Å². The Morgan fingerprint density at radius 2 is 1.00 bits per heavy atom. The summed E-state index contributed by atoms with van der Waals surface area (Å²) in [6, 6.07) is 0. The van der Waals surface area contributed by atoms with Gasteiger partial charge in [0, 0.05) is 12.1 Å². The summed E-state index contributed by atoms with van der Waals surface area (Å²) in [6.07, 6.45) is 0. The third-order valence-corrected chi connectivity index (χ3v) is 1.34. The molecule has 0 atom stereocenters. The van der Waals surface area contributed by atoms with E-state index in [0.29, 0.717) is 5.54 Å². The Kier molecular flexibility index (Phi) is 46.2. The lowest BCUT2D eigenvalue weighted by Gasteiger charge is -2.27. The predicted octanol–water partition coefficient (Wildman–Crippen LogP) is 3.85. The molecule has 0 aliphatic rings. The maximum absolute atomic E-state index is 7.57. The van der Waals surface area contributed by atoms with Gasteiger partial charge in [0.2, 0.25) is 0 Å². The van der Waals surface area contributed by atoms with Crippen molar-refractivity contribution in [2.75, 3.05) is 20.7 Å². The zero-order valence-corrected chi connectivity index (χ0v) is 13.1. The Morgan fingerprint density at radius 3 is 1.00 bits per heavy atom. The highest BCUT2D eigenvalue weighted by Crippen LogP contribution is 2.05. The Hall–Kier alpha value is -0.0800. The van der Waals surface area contributed by atoms with Crippen molar-refractivity contribution in [3.05, 3.63) is 7.43 Å². The lowest BCUT2D eigenvalue weighted by atomic mass is 10.1. The van der Waals surface area contributed by atoms with Crippen LogP contribution in [0.4, 0.5) is 0 Å². The van der Waals surface area contributed by atoms with Crippen molar-refractivity contribution in [3.8, 4) is 0 Å². The molecule has 1 N–H and O–H groups in total. The summed E-state index contributed by atoms with van der Waals surface area (Å²) in [5, 5.41) is 7.57. The minimum atomic E-state index is 0. The molecule has 0 saturated heterocycles. The quantitative estimate of drug-likeness (QED) is 0.629. The van der Waals surface area contributed by atoms with E-state index >= 15 is 0 Å². The minimum absolute atomic E-state index is 0. The van der Waals surface area contributed by atoms with Crippen LogP contribution in [0.2, 0.25) is 0 Å². The van der Waals surface area contributed by atoms with Crippen molar-refractivity contribution in [1.82, 2.24) is 4.90 Å². The van der Waals surface area contributed by atoms with Crippen LogP contribution in [0.25, 0.3) is 0 Å². The average molecular weight is 222 g/mol. The highest BCUT2D eigenvalue weighted by molar-refractivity contribution is 4.68. The van der Waals surface area contributed by atoms with Crippen LogP contribution in [0.5, 0.6) is 0 Å². The van der Waals surface area contributed by atoms with E-state index in [1.807, 2.05) is 27.7 Å². The Morgan fingerprint density at radius 1 is 0.933 bits per heavy atom. The number of aliphatic hydroxyl groups excluding tert-OH is 1. The van der Waals surface area contributed by atoms with Gasteiger partial charge in [-0.2, -0.15) is 0 Å². The molecule has 15 heavy (non-hydrogen) atoms. The lowest BCUT2D eigenvalue weighted by Crippen LogP contribution is -2.34. The van der Waals surface area contributed by atoms with E-state index in [4.69, 9.17) is 5.11 Å². The second-order valence-electron chi connectivity index (χ2n) is 3.38. The molecule has 0 unspecified atom stereocenters. The Labute approximate surface area is 99.7 Å². The van der Waals surface area contributed by atoms with Crippen molar-refractivity contribution in [2.45, 2.75) is 60.9 Å². The summed E-state index contributed by atoms with van der Waals surface area (Å²) in [5.74, 6) is 0. The first-order valence-electron chi connectivity index (χ1n) is 5.64. The van der Waals surface area contributed by atoms with Crippen LogP contribution >= 0.6 is 0 Å². The highest BCUT2D eigenvalue weighted by atomic mass is 16.2. The van der Waals surface area contributed by atoms with Gasteiger partial charge in [-0.3, -0.25) is 0 Å². The van der Waals surface area contributed by atoms with Gasteiger partial charge in [-0.1, -0.05) is 27.7 Å².